The van der Waals surface area contributed by atoms with Crippen LogP contribution in [0.25, 0.3) is 0 Å². The molecular formula is C16H29ClN2O. The third kappa shape index (κ3) is 3.67. The van der Waals surface area contributed by atoms with Crippen LogP contribution in [-0.4, -0.2) is 36.5 Å². The van der Waals surface area contributed by atoms with Crippen molar-refractivity contribution in [3.8, 4) is 0 Å². The fraction of sp³-hybridized carbons (Fsp3) is 0.938. The highest BCUT2D eigenvalue weighted by Crippen LogP contribution is 2.33. The molecule has 1 saturated carbocycles. The minimum Gasteiger partial charge on any atom is -0.339 e. The Bertz CT molecular complexity index is 312. The number of nitrogens with zero attached hydrogens (tertiary/aromatic N) is 1. The lowest BCUT2D eigenvalue weighted by Crippen LogP contribution is -2.44. The molecule has 1 N–H and O–H groups in total. The predicted octanol–water partition coefficient (Wildman–Crippen LogP) is 2.98. The van der Waals surface area contributed by atoms with E-state index in [1.807, 2.05) is 0 Å². The molecule has 0 bridgehead atoms. The summed E-state index contributed by atoms with van der Waals surface area (Å²) in [4.78, 5) is 14.8. The van der Waals surface area contributed by atoms with Crippen molar-refractivity contribution in [2.45, 2.75) is 63.8 Å². The standard InChI is InChI=1S/C16H28N2O.ClH/c19-16(12-13-4-1-2-5-13)18-11-3-6-15(18)14-7-9-17-10-8-14;/h13-15,17H,1-12H2;1H. The molecule has 2 heterocycles. The van der Waals surface area contributed by atoms with E-state index >= 15 is 0 Å². The van der Waals surface area contributed by atoms with E-state index in [4.69, 9.17) is 0 Å². The van der Waals surface area contributed by atoms with E-state index in [0.29, 0.717) is 17.9 Å². The van der Waals surface area contributed by atoms with E-state index in [2.05, 4.69) is 10.2 Å². The van der Waals surface area contributed by atoms with Crippen molar-refractivity contribution in [3.05, 3.63) is 0 Å². The van der Waals surface area contributed by atoms with E-state index in [1.54, 1.807) is 0 Å². The Hall–Kier alpha value is -0.280. The molecule has 20 heavy (non-hydrogen) atoms. The molecule has 0 aromatic carbocycles. The number of piperidine rings is 1. The Morgan fingerprint density at radius 1 is 1.00 bits per heavy atom. The lowest BCUT2D eigenvalue weighted by molar-refractivity contribution is -0.134. The second-order valence-corrected chi connectivity index (χ2v) is 6.74. The van der Waals surface area contributed by atoms with Crippen molar-refractivity contribution in [1.29, 1.82) is 0 Å². The van der Waals surface area contributed by atoms with Gasteiger partial charge in [0.25, 0.3) is 0 Å². The molecule has 0 radical (unpaired) electrons. The number of likely N-dealkylation sites (tertiary alicyclic amines) is 1. The summed E-state index contributed by atoms with van der Waals surface area (Å²) in [6, 6.07) is 0.566. The van der Waals surface area contributed by atoms with E-state index in [9.17, 15) is 4.79 Å². The van der Waals surface area contributed by atoms with Crippen LogP contribution in [0, 0.1) is 11.8 Å². The first-order chi connectivity index (χ1) is 9.34. The molecule has 3 nitrogen and oxygen atoms in total. The van der Waals surface area contributed by atoms with Crippen LogP contribution in [0.1, 0.15) is 57.8 Å². The summed E-state index contributed by atoms with van der Waals surface area (Å²) in [6.07, 6.45) is 11.1. The third-order valence-electron chi connectivity index (χ3n) is 5.49. The third-order valence-corrected chi connectivity index (χ3v) is 5.49. The highest BCUT2D eigenvalue weighted by molar-refractivity contribution is 5.85. The number of hydrogen-bond acceptors (Lipinski definition) is 2. The van der Waals surface area contributed by atoms with Gasteiger partial charge in [0.1, 0.15) is 0 Å². The van der Waals surface area contributed by atoms with Gasteiger partial charge in [-0.1, -0.05) is 12.8 Å². The molecule has 0 spiro atoms. The summed E-state index contributed by atoms with van der Waals surface area (Å²) in [6.45, 7) is 3.32. The average molecular weight is 301 g/mol. The van der Waals surface area contributed by atoms with Crippen LogP contribution in [-0.2, 0) is 4.79 Å². The Labute approximate surface area is 129 Å². The van der Waals surface area contributed by atoms with Crippen molar-refractivity contribution in [2.24, 2.45) is 11.8 Å². The van der Waals surface area contributed by atoms with Crippen LogP contribution in [0.4, 0.5) is 0 Å². The van der Waals surface area contributed by atoms with Crippen molar-refractivity contribution < 1.29 is 4.79 Å². The van der Waals surface area contributed by atoms with Gasteiger partial charge in [-0.3, -0.25) is 4.79 Å². The van der Waals surface area contributed by atoms with Crippen LogP contribution in [0.15, 0.2) is 0 Å². The Balaban J connectivity index is 0.00000147. The quantitative estimate of drug-likeness (QED) is 0.869. The fourth-order valence-electron chi connectivity index (χ4n) is 4.40. The lowest BCUT2D eigenvalue weighted by atomic mass is 9.88. The van der Waals surface area contributed by atoms with E-state index in [0.717, 1.165) is 32.0 Å². The number of carbonyl (C=O) groups excluding carboxylic acids is 1. The highest BCUT2D eigenvalue weighted by atomic mass is 35.5. The molecule has 1 aliphatic carbocycles. The van der Waals surface area contributed by atoms with Gasteiger partial charge in [0.15, 0.2) is 0 Å². The van der Waals surface area contributed by atoms with Gasteiger partial charge < -0.3 is 10.2 Å². The van der Waals surface area contributed by atoms with E-state index in [-0.39, 0.29) is 12.4 Å². The minimum atomic E-state index is 0. The summed E-state index contributed by atoms with van der Waals surface area (Å²) in [5, 5.41) is 3.44. The maximum absolute atomic E-state index is 12.6. The number of amides is 1. The smallest absolute Gasteiger partial charge is 0.223 e. The second-order valence-electron chi connectivity index (χ2n) is 6.74. The topological polar surface area (TPSA) is 32.3 Å². The van der Waals surface area contributed by atoms with Crippen LogP contribution in [0.5, 0.6) is 0 Å². The Morgan fingerprint density at radius 3 is 2.40 bits per heavy atom. The molecule has 3 fully saturated rings. The van der Waals surface area contributed by atoms with Crippen molar-refractivity contribution >= 4 is 18.3 Å². The van der Waals surface area contributed by atoms with Crippen LogP contribution < -0.4 is 5.32 Å². The van der Waals surface area contributed by atoms with Gasteiger partial charge in [0, 0.05) is 19.0 Å². The predicted molar refractivity (Wildman–Crippen MR) is 84.2 cm³/mol. The fourth-order valence-corrected chi connectivity index (χ4v) is 4.40. The van der Waals surface area contributed by atoms with Crippen molar-refractivity contribution in [1.82, 2.24) is 10.2 Å². The average Bonchev–Trinajstić information content (AvgIpc) is 3.10. The monoisotopic (exact) mass is 300 g/mol. The van der Waals surface area contributed by atoms with Crippen LogP contribution in [0.3, 0.4) is 0 Å². The summed E-state index contributed by atoms with van der Waals surface area (Å²) in [5.74, 6) is 1.92. The number of rotatable bonds is 3. The molecule has 1 atom stereocenters. The number of nitrogens with one attached hydrogen (secondary N) is 1. The van der Waals surface area contributed by atoms with Crippen molar-refractivity contribution in [2.75, 3.05) is 19.6 Å². The maximum atomic E-state index is 12.6. The first-order valence-corrected chi connectivity index (χ1v) is 8.35. The van der Waals surface area contributed by atoms with Gasteiger partial charge in [0.2, 0.25) is 5.91 Å². The van der Waals surface area contributed by atoms with Gasteiger partial charge in [-0.25, -0.2) is 0 Å². The van der Waals surface area contributed by atoms with Gasteiger partial charge >= 0.3 is 0 Å². The Morgan fingerprint density at radius 2 is 1.70 bits per heavy atom. The molecule has 2 aliphatic heterocycles. The summed E-state index contributed by atoms with van der Waals surface area (Å²) >= 11 is 0. The van der Waals surface area contributed by atoms with Crippen molar-refractivity contribution in [3.63, 3.8) is 0 Å². The van der Waals surface area contributed by atoms with Crippen LogP contribution in [0.2, 0.25) is 0 Å². The zero-order valence-corrected chi connectivity index (χ0v) is 13.3. The number of halogens is 1. The van der Waals surface area contributed by atoms with E-state index in [1.165, 1.54) is 51.4 Å². The van der Waals surface area contributed by atoms with Gasteiger partial charge in [0.05, 0.1) is 0 Å². The van der Waals surface area contributed by atoms with Crippen LogP contribution >= 0.6 is 12.4 Å². The first-order valence-electron chi connectivity index (χ1n) is 8.35. The molecular weight excluding hydrogens is 272 g/mol. The van der Waals surface area contributed by atoms with E-state index < -0.39 is 0 Å². The molecule has 2 saturated heterocycles. The largest absolute Gasteiger partial charge is 0.339 e. The zero-order chi connectivity index (χ0) is 13.1. The molecule has 1 unspecified atom stereocenters. The SMILES string of the molecule is Cl.O=C(CC1CCCC1)N1CCCC1C1CCNCC1. The molecule has 4 heteroatoms. The molecule has 3 aliphatic rings. The number of hydrogen-bond donors (Lipinski definition) is 1. The highest BCUT2D eigenvalue weighted by Gasteiger charge is 2.35. The molecule has 0 aromatic rings. The number of carbonyl (C=O) groups is 1. The minimum absolute atomic E-state index is 0. The Kier molecular flexibility index (Phi) is 6.16. The summed E-state index contributed by atoms with van der Waals surface area (Å²) in [5.41, 5.74) is 0. The lowest BCUT2D eigenvalue weighted by Gasteiger charge is -2.34. The van der Waals surface area contributed by atoms with Gasteiger partial charge in [-0.05, 0) is 63.5 Å². The molecule has 0 aromatic heterocycles. The summed E-state index contributed by atoms with van der Waals surface area (Å²) < 4.78 is 0. The second kappa shape index (κ2) is 7.65. The zero-order valence-electron chi connectivity index (χ0n) is 12.5. The first kappa shape index (κ1) is 16.1. The van der Waals surface area contributed by atoms with Gasteiger partial charge in [-0.2, -0.15) is 0 Å². The molecule has 116 valence electrons. The maximum Gasteiger partial charge on any atom is 0.223 e. The molecule has 3 rings (SSSR count). The summed E-state index contributed by atoms with van der Waals surface area (Å²) in [7, 11) is 0. The normalized spacial score (nSPS) is 28.6. The molecule has 1 amide bonds. The van der Waals surface area contributed by atoms with Gasteiger partial charge in [-0.15, -0.1) is 12.4 Å².